The van der Waals surface area contributed by atoms with Crippen molar-refractivity contribution in [1.29, 1.82) is 0 Å². The van der Waals surface area contributed by atoms with Crippen molar-refractivity contribution in [2.24, 2.45) is 7.05 Å². The molecule has 2 aliphatic heterocycles. The second kappa shape index (κ2) is 7.17. The summed E-state index contributed by atoms with van der Waals surface area (Å²) in [7, 11) is 1.59. The lowest BCUT2D eigenvalue weighted by Gasteiger charge is -2.09. The van der Waals surface area contributed by atoms with Crippen LogP contribution in [0.5, 0.6) is 0 Å². The van der Waals surface area contributed by atoms with Gasteiger partial charge in [-0.25, -0.2) is 13.6 Å². The van der Waals surface area contributed by atoms with Crippen LogP contribution in [0.2, 0.25) is 0 Å². The third-order valence-electron chi connectivity index (χ3n) is 5.24. The number of rotatable bonds is 5. The van der Waals surface area contributed by atoms with Gasteiger partial charge < -0.3 is 9.26 Å². The van der Waals surface area contributed by atoms with Crippen molar-refractivity contribution in [1.82, 2.24) is 19.3 Å². The van der Waals surface area contributed by atoms with Gasteiger partial charge in [0.25, 0.3) is 5.56 Å². The van der Waals surface area contributed by atoms with Crippen molar-refractivity contribution in [2.45, 2.75) is 36.7 Å². The van der Waals surface area contributed by atoms with Gasteiger partial charge in [-0.2, -0.15) is 4.98 Å². The highest BCUT2D eigenvalue weighted by molar-refractivity contribution is 8.07. The van der Waals surface area contributed by atoms with Crippen LogP contribution in [0.1, 0.15) is 33.8 Å². The highest BCUT2D eigenvalue weighted by Gasteiger charge is 2.41. The number of thioether (sulfide) groups is 1. The van der Waals surface area contributed by atoms with Gasteiger partial charge in [-0.15, -0.1) is 11.8 Å². The molecule has 1 aromatic carbocycles. The summed E-state index contributed by atoms with van der Waals surface area (Å²) in [5.41, 5.74) is 0.724. The third-order valence-corrected chi connectivity index (χ3v) is 6.61. The van der Waals surface area contributed by atoms with Gasteiger partial charge in [0.2, 0.25) is 5.89 Å². The first-order valence-corrected chi connectivity index (χ1v) is 10.2. The molecule has 8 nitrogen and oxygen atoms in total. The number of hydrogen-bond donors (Lipinski definition) is 0. The van der Waals surface area contributed by atoms with E-state index in [1.165, 1.54) is 16.7 Å². The van der Waals surface area contributed by atoms with E-state index in [2.05, 4.69) is 10.1 Å². The molecule has 2 atom stereocenters. The van der Waals surface area contributed by atoms with Gasteiger partial charge in [0.15, 0.2) is 5.82 Å². The first kappa shape index (κ1) is 19.2. The number of fused-ring (bicyclic) bond motifs is 1. The maximum absolute atomic E-state index is 13.4. The Bertz CT molecular complexity index is 1250. The van der Waals surface area contributed by atoms with E-state index in [4.69, 9.17) is 9.26 Å². The minimum Gasteiger partial charge on any atom is -0.370 e. The molecule has 2 aliphatic rings. The molecule has 0 amide bonds. The van der Waals surface area contributed by atoms with Crippen molar-refractivity contribution >= 4 is 11.8 Å². The second-order valence-electron chi connectivity index (χ2n) is 7.26. The van der Waals surface area contributed by atoms with E-state index in [-0.39, 0.29) is 36.1 Å². The lowest BCUT2D eigenvalue weighted by Crippen LogP contribution is -2.42. The Morgan fingerprint density at radius 1 is 1.20 bits per heavy atom. The standard InChI is InChI=1S/C19H16F2N4O4S/c1-24-13-8-28-7-12(13)18(26)25(19(24)27)6-16-22-15(23-29-16)5-14-17(30-14)9-2-10(20)4-11(21)3-9/h2-4,14,17H,5-8H2,1H3. The van der Waals surface area contributed by atoms with Crippen LogP contribution in [-0.2, 0) is 38.0 Å². The zero-order valence-corrected chi connectivity index (χ0v) is 16.6. The zero-order chi connectivity index (χ0) is 21.0. The molecule has 0 radical (unpaired) electrons. The quantitative estimate of drug-likeness (QED) is 0.564. The van der Waals surface area contributed by atoms with E-state index in [1.807, 2.05) is 0 Å². The minimum atomic E-state index is -0.607. The van der Waals surface area contributed by atoms with Crippen LogP contribution >= 0.6 is 11.8 Å². The van der Waals surface area contributed by atoms with E-state index >= 15 is 0 Å². The molecule has 4 heterocycles. The van der Waals surface area contributed by atoms with E-state index in [9.17, 15) is 18.4 Å². The maximum atomic E-state index is 13.4. The molecule has 1 saturated heterocycles. The summed E-state index contributed by atoms with van der Waals surface area (Å²) >= 11 is 1.56. The molecule has 156 valence electrons. The molecular weight excluding hydrogens is 418 g/mol. The number of halogens is 2. The molecule has 0 saturated carbocycles. The van der Waals surface area contributed by atoms with Gasteiger partial charge in [-0.3, -0.25) is 13.9 Å². The zero-order valence-electron chi connectivity index (χ0n) is 15.8. The van der Waals surface area contributed by atoms with Crippen LogP contribution < -0.4 is 11.2 Å². The lowest BCUT2D eigenvalue weighted by atomic mass is 10.1. The Labute approximate surface area is 172 Å². The SMILES string of the molecule is Cn1c2c(c(=O)n(Cc3nc(CC4SC4c4cc(F)cc(F)c4)no3)c1=O)COC2. The Morgan fingerprint density at radius 3 is 2.73 bits per heavy atom. The average molecular weight is 434 g/mol. The van der Waals surface area contributed by atoms with Crippen molar-refractivity contribution in [2.75, 3.05) is 0 Å². The maximum Gasteiger partial charge on any atom is 0.331 e. The Kier molecular flexibility index (Phi) is 4.58. The van der Waals surface area contributed by atoms with Crippen LogP contribution in [0.15, 0.2) is 32.3 Å². The first-order valence-electron chi connectivity index (χ1n) is 9.23. The molecule has 0 N–H and O–H groups in total. The van der Waals surface area contributed by atoms with Crippen molar-refractivity contribution in [3.8, 4) is 0 Å². The van der Waals surface area contributed by atoms with E-state index in [1.54, 1.807) is 18.8 Å². The Hall–Kier alpha value is -2.79. The second-order valence-corrected chi connectivity index (χ2v) is 8.64. The summed E-state index contributed by atoms with van der Waals surface area (Å²) < 4.78 is 39.7. The molecule has 30 heavy (non-hydrogen) atoms. The van der Waals surface area contributed by atoms with Crippen molar-refractivity contribution in [3.63, 3.8) is 0 Å². The fraction of sp³-hybridized carbons (Fsp3) is 0.368. The molecule has 0 aliphatic carbocycles. The molecular formula is C19H16F2N4O4S. The Morgan fingerprint density at radius 2 is 1.97 bits per heavy atom. The van der Waals surface area contributed by atoms with Gasteiger partial charge in [-0.1, -0.05) is 5.16 Å². The smallest absolute Gasteiger partial charge is 0.331 e. The highest BCUT2D eigenvalue weighted by Crippen LogP contribution is 2.56. The van der Waals surface area contributed by atoms with Crippen molar-refractivity contribution in [3.05, 3.63) is 79.2 Å². The average Bonchev–Trinajstić information content (AvgIpc) is 3.09. The predicted molar refractivity (Wildman–Crippen MR) is 102 cm³/mol. The van der Waals surface area contributed by atoms with Crippen LogP contribution in [0.25, 0.3) is 0 Å². The molecule has 5 rings (SSSR count). The molecule has 3 aromatic rings. The fourth-order valence-corrected chi connectivity index (χ4v) is 4.75. The molecule has 0 spiro atoms. The molecule has 1 fully saturated rings. The summed E-state index contributed by atoms with van der Waals surface area (Å²) in [5, 5.41) is 3.95. The van der Waals surface area contributed by atoms with Gasteiger partial charge in [-0.05, 0) is 17.7 Å². The molecule has 11 heteroatoms. The number of ether oxygens (including phenoxy) is 1. The van der Waals surface area contributed by atoms with Crippen molar-refractivity contribution < 1.29 is 18.0 Å². The van der Waals surface area contributed by atoms with Crippen LogP contribution in [0.3, 0.4) is 0 Å². The third kappa shape index (κ3) is 3.37. The predicted octanol–water partition coefficient (Wildman–Crippen LogP) is 1.69. The summed E-state index contributed by atoms with van der Waals surface area (Å²) in [6.07, 6.45) is 0.446. The number of hydrogen-bond acceptors (Lipinski definition) is 7. The largest absolute Gasteiger partial charge is 0.370 e. The highest BCUT2D eigenvalue weighted by atomic mass is 32.2. The summed E-state index contributed by atoms with van der Waals surface area (Å²) in [6, 6.07) is 3.48. The van der Waals surface area contributed by atoms with Crippen LogP contribution in [-0.4, -0.2) is 24.5 Å². The summed E-state index contributed by atoms with van der Waals surface area (Å²) in [6.45, 7) is 0.262. The Balaban J connectivity index is 1.31. The van der Waals surface area contributed by atoms with Gasteiger partial charge in [0, 0.05) is 30.0 Å². The molecule has 2 unspecified atom stereocenters. The minimum absolute atomic E-state index is 0.0382. The number of benzene rings is 1. The summed E-state index contributed by atoms with van der Waals surface area (Å²) in [4.78, 5) is 29.4. The van der Waals surface area contributed by atoms with Crippen LogP contribution in [0, 0.1) is 11.6 Å². The van der Waals surface area contributed by atoms with E-state index in [0.717, 1.165) is 10.6 Å². The first-order chi connectivity index (χ1) is 14.4. The van der Waals surface area contributed by atoms with Gasteiger partial charge in [0.1, 0.15) is 18.2 Å². The number of aromatic nitrogens is 4. The normalized spacial score (nSPS) is 19.8. The van der Waals surface area contributed by atoms with E-state index in [0.29, 0.717) is 29.1 Å². The van der Waals surface area contributed by atoms with E-state index < -0.39 is 22.9 Å². The summed E-state index contributed by atoms with van der Waals surface area (Å²) in [5.74, 6) is -0.659. The van der Waals surface area contributed by atoms with Gasteiger partial charge in [0.05, 0.1) is 24.5 Å². The lowest BCUT2D eigenvalue weighted by molar-refractivity contribution is 0.131. The van der Waals surface area contributed by atoms with Gasteiger partial charge >= 0.3 is 5.69 Å². The molecule has 2 aromatic heterocycles. The monoisotopic (exact) mass is 434 g/mol. The fourth-order valence-electron chi connectivity index (χ4n) is 3.67. The topological polar surface area (TPSA) is 92.1 Å². The molecule has 0 bridgehead atoms. The number of nitrogens with zero attached hydrogens (tertiary/aromatic N) is 4. The van der Waals surface area contributed by atoms with Crippen LogP contribution in [0.4, 0.5) is 8.78 Å².